The van der Waals surface area contributed by atoms with Crippen molar-refractivity contribution in [3.63, 3.8) is 0 Å². The number of carbonyl (C=O) groups is 2. The van der Waals surface area contributed by atoms with E-state index in [9.17, 15) is 9.59 Å². The van der Waals surface area contributed by atoms with E-state index in [0.29, 0.717) is 34.5 Å². The van der Waals surface area contributed by atoms with Gasteiger partial charge in [-0.25, -0.2) is 9.79 Å². The molecule has 192 valence electrons. The summed E-state index contributed by atoms with van der Waals surface area (Å²) in [5.41, 5.74) is 2.46. The normalized spacial score (nSPS) is 20.9. The van der Waals surface area contributed by atoms with E-state index in [0.717, 1.165) is 30.7 Å². The zero-order valence-electron chi connectivity index (χ0n) is 20.7. The van der Waals surface area contributed by atoms with Gasteiger partial charge in [0.2, 0.25) is 5.91 Å². The highest BCUT2D eigenvalue weighted by molar-refractivity contribution is 8.16. The van der Waals surface area contributed by atoms with Gasteiger partial charge in [-0.15, -0.1) is 0 Å². The first-order valence-corrected chi connectivity index (χ1v) is 12.7. The fraction of sp³-hybridized carbons (Fsp3) is 0.423. The van der Waals surface area contributed by atoms with E-state index >= 15 is 0 Å². The Morgan fingerprint density at radius 1 is 1.31 bits per heavy atom. The van der Waals surface area contributed by atoms with Crippen molar-refractivity contribution in [3.05, 3.63) is 58.8 Å². The smallest absolute Gasteiger partial charge is 0.338 e. The number of methoxy groups -OCH3 is 2. The zero-order valence-corrected chi connectivity index (χ0v) is 21.6. The van der Waals surface area contributed by atoms with Gasteiger partial charge in [-0.1, -0.05) is 30.5 Å². The van der Waals surface area contributed by atoms with Gasteiger partial charge in [0, 0.05) is 18.8 Å². The maximum absolute atomic E-state index is 13.2. The Kier molecular flexibility index (Phi) is 8.37. The molecule has 9 nitrogen and oxygen atoms in total. The average Bonchev–Trinajstić information content (AvgIpc) is 3.55. The van der Waals surface area contributed by atoms with Crippen LogP contribution in [-0.2, 0) is 19.1 Å². The SMILES string of the molecule is C=CCOC(=O)C1=C(C)N=C2SC=C(CC(=O)NC[C@H]3CCCO3)N2[C@H]1c1ccc(OC)c(OC)c1. The molecular weight excluding hydrogens is 482 g/mol. The van der Waals surface area contributed by atoms with E-state index in [2.05, 4.69) is 16.9 Å². The summed E-state index contributed by atoms with van der Waals surface area (Å²) in [6, 6.07) is 4.93. The van der Waals surface area contributed by atoms with Crippen LogP contribution >= 0.6 is 11.8 Å². The van der Waals surface area contributed by atoms with Crippen LogP contribution in [0.1, 0.15) is 37.8 Å². The molecule has 3 aliphatic rings. The molecule has 36 heavy (non-hydrogen) atoms. The Labute approximate surface area is 215 Å². The van der Waals surface area contributed by atoms with Gasteiger partial charge < -0.3 is 29.2 Å². The standard InChI is InChI=1S/C26H31N3O6S/c1-5-10-35-25(31)23-16(2)28-26-29(24(23)17-8-9-20(32-3)21(12-17)33-4)18(15-36-26)13-22(30)27-14-19-7-6-11-34-19/h5,8-9,12,15,19,24H,1,6-7,10-11,13-14H2,2-4H3,(H,27,30)/t19-,24+/m1/s1. The van der Waals surface area contributed by atoms with E-state index in [1.54, 1.807) is 27.2 Å². The first-order valence-electron chi connectivity index (χ1n) is 11.8. The van der Waals surface area contributed by atoms with Crippen LogP contribution in [0.5, 0.6) is 11.5 Å². The highest BCUT2D eigenvalue weighted by Crippen LogP contribution is 2.46. The lowest BCUT2D eigenvalue weighted by molar-refractivity contribution is -0.138. The van der Waals surface area contributed by atoms with Crippen LogP contribution in [-0.4, -0.2) is 62.0 Å². The monoisotopic (exact) mass is 513 g/mol. The van der Waals surface area contributed by atoms with Crippen molar-refractivity contribution in [2.45, 2.75) is 38.3 Å². The lowest BCUT2D eigenvalue weighted by Crippen LogP contribution is -2.38. The highest BCUT2D eigenvalue weighted by Gasteiger charge is 2.41. The molecule has 1 N–H and O–H groups in total. The van der Waals surface area contributed by atoms with Crippen molar-refractivity contribution in [1.29, 1.82) is 0 Å². The third-order valence-corrected chi connectivity index (χ3v) is 7.06. The van der Waals surface area contributed by atoms with Crippen LogP contribution in [0.3, 0.4) is 0 Å². The number of thioether (sulfide) groups is 1. The van der Waals surface area contributed by atoms with E-state index in [1.165, 1.54) is 17.8 Å². The summed E-state index contributed by atoms with van der Waals surface area (Å²) in [4.78, 5) is 32.6. The number of nitrogens with one attached hydrogen (secondary N) is 1. The molecule has 3 heterocycles. The van der Waals surface area contributed by atoms with Crippen molar-refractivity contribution in [2.75, 3.05) is 34.0 Å². The van der Waals surface area contributed by atoms with Crippen LogP contribution in [0.25, 0.3) is 0 Å². The maximum atomic E-state index is 13.2. The van der Waals surface area contributed by atoms with Gasteiger partial charge in [-0.05, 0) is 42.9 Å². The van der Waals surface area contributed by atoms with Gasteiger partial charge in [0.15, 0.2) is 16.7 Å². The molecule has 3 aliphatic heterocycles. The van der Waals surface area contributed by atoms with E-state index in [4.69, 9.17) is 18.9 Å². The number of rotatable bonds is 10. The van der Waals surface area contributed by atoms with Gasteiger partial charge in [0.05, 0.1) is 44.1 Å². The van der Waals surface area contributed by atoms with Crippen LogP contribution in [0.15, 0.2) is 58.2 Å². The van der Waals surface area contributed by atoms with Gasteiger partial charge in [0.25, 0.3) is 0 Å². The molecule has 0 spiro atoms. The number of carbonyl (C=O) groups excluding carboxylic acids is 2. The molecule has 0 aromatic heterocycles. The second-order valence-corrected chi connectivity index (χ2v) is 9.35. The number of hydrogen-bond acceptors (Lipinski definition) is 9. The summed E-state index contributed by atoms with van der Waals surface area (Å²) in [7, 11) is 3.13. The molecule has 0 radical (unpaired) electrons. The van der Waals surface area contributed by atoms with Crippen molar-refractivity contribution < 1.29 is 28.5 Å². The summed E-state index contributed by atoms with van der Waals surface area (Å²) in [5, 5.41) is 5.57. The lowest BCUT2D eigenvalue weighted by Gasteiger charge is -2.36. The molecule has 0 saturated carbocycles. The van der Waals surface area contributed by atoms with E-state index in [-0.39, 0.29) is 25.0 Å². The number of allylic oxidation sites excluding steroid dienone is 1. The topological polar surface area (TPSA) is 98.7 Å². The van der Waals surface area contributed by atoms with Gasteiger partial charge in [-0.3, -0.25) is 4.79 Å². The van der Waals surface area contributed by atoms with Crippen molar-refractivity contribution >= 4 is 28.8 Å². The molecule has 0 bridgehead atoms. The number of aliphatic imine (C=N–C) groups is 1. The molecule has 1 saturated heterocycles. The quantitative estimate of drug-likeness (QED) is 0.374. The first-order chi connectivity index (χ1) is 17.5. The number of hydrogen-bond donors (Lipinski definition) is 1. The molecule has 0 unspecified atom stereocenters. The summed E-state index contributed by atoms with van der Waals surface area (Å²) in [6.07, 6.45) is 3.68. The molecule has 1 amide bonds. The minimum absolute atomic E-state index is 0.0596. The Morgan fingerprint density at radius 2 is 2.11 bits per heavy atom. The second-order valence-electron chi connectivity index (χ2n) is 8.51. The molecule has 1 aromatic rings. The van der Waals surface area contributed by atoms with E-state index < -0.39 is 12.0 Å². The Morgan fingerprint density at radius 3 is 2.81 bits per heavy atom. The molecule has 1 fully saturated rings. The predicted octanol–water partition coefficient (Wildman–Crippen LogP) is 3.69. The molecule has 1 aromatic carbocycles. The average molecular weight is 514 g/mol. The number of ether oxygens (including phenoxy) is 4. The fourth-order valence-electron chi connectivity index (χ4n) is 4.44. The summed E-state index contributed by atoms with van der Waals surface area (Å²) < 4.78 is 22.0. The number of fused-ring (bicyclic) bond motifs is 1. The fourth-order valence-corrected chi connectivity index (χ4v) is 5.41. The number of nitrogens with zero attached hydrogens (tertiary/aromatic N) is 2. The third-order valence-electron chi connectivity index (χ3n) is 6.17. The second kappa shape index (κ2) is 11.7. The number of amidine groups is 1. The summed E-state index contributed by atoms with van der Waals surface area (Å²) >= 11 is 1.42. The largest absolute Gasteiger partial charge is 0.493 e. The molecule has 10 heteroatoms. The number of benzene rings is 1. The van der Waals surface area contributed by atoms with Crippen LogP contribution < -0.4 is 14.8 Å². The molecular formula is C26H31N3O6S. The van der Waals surface area contributed by atoms with Gasteiger partial charge in [0.1, 0.15) is 6.61 Å². The predicted molar refractivity (Wildman–Crippen MR) is 138 cm³/mol. The zero-order chi connectivity index (χ0) is 25.7. The van der Waals surface area contributed by atoms with Crippen molar-refractivity contribution in [2.24, 2.45) is 4.99 Å². The van der Waals surface area contributed by atoms with Crippen molar-refractivity contribution in [3.8, 4) is 11.5 Å². The lowest BCUT2D eigenvalue weighted by atomic mass is 9.93. The highest BCUT2D eigenvalue weighted by atomic mass is 32.2. The van der Waals surface area contributed by atoms with Crippen LogP contribution in [0, 0.1) is 0 Å². The Bertz CT molecular complexity index is 1120. The van der Waals surface area contributed by atoms with Gasteiger partial charge in [-0.2, -0.15) is 0 Å². The van der Waals surface area contributed by atoms with Gasteiger partial charge >= 0.3 is 5.97 Å². The molecule has 0 aliphatic carbocycles. The minimum Gasteiger partial charge on any atom is -0.493 e. The Balaban J connectivity index is 1.65. The first kappa shape index (κ1) is 25.8. The number of esters is 1. The van der Waals surface area contributed by atoms with E-state index in [1.807, 2.05) is 22.4 Å². The number of amides is 1. The molecule has 4 rings (SSSR count). The maximum Gasteiger partial charge on any atom is 0.338 e. The van der Waals surface area contributed by atoms with Crippen LogP contribution in [0.2, 0.25) is 0 Å². The minimum atomic E-state index is -0.568. The third kappa shape index (κ3) is 5.44. The summed E-state index contributed by atoms with van der Waals surface area (Å²) in [6.45, 7) is 6.72. The molecule has 2 atom stereocenters. The van der Waals surface area contributed by atoms with Crippen molar-refractivity contribution in [1.82, 2.24) is 10.2 Å². The van der Waals surface area contributed by atoms with Crippen LogP contribution in [0.4, 0.5) is 0 Å². The summed E-state index contributed by atoms with van der Waals surface area (Å²) in [5.74, 6) is 0.491. The Hall–Kier alpha value is -3.24.